The summed E-state index contributed by atoms with van der Waals surface area (Å²) in [5, 5.41) is 0. The third kappa shape index (κ3) is 6.00. The molecule has 2 unspecified atom stereocenters. The largest absolute Gasteiger partial charge is 0.497 e. The summed E-state index contributed by atoms with van der Waals surface area (Å²) in [4.78, 5) is 4.22. The Kier molecular flexibility index (Phi) is 7.14. The van der Waals surface area contributed by atoms with Crippen molar-refractivity contribution in [3.8, 4) is 5.75 Å². The van der Waals surface area contributed by atoms with Crippen molar-refractivity contribution >= 4 is 10.1 Å². The monoisotopic (exact) mass is 472 g/mol. The van der Waals surface area contributed by atoms with Gasteiger partial charge in [-0.1, -0.05) is 29.8 Å². The second-order valence-electron chi connectivity index (χ2n) is 8.10. The van der Waals surface area contributed by atoms with Crippen LogP contribution in [0.4, 0.5) is 0 Å². The van der Waals surface area contributed by atoms with Gasteiger partial charge in [0.1, 0.15) is 11.9 Å². The maximum atomic E-state index is 12.5. The second-order valence-corrected chi connectivity index (χ2v) is 9.71. The number of rotatable bonds is 10. The highest BCUT2D eigenvalue weighted by Crippen LogP contribution is 2.31. The van der Waals surface area contributed by atoms with Gasteiger partial charge in [-0.25, -0.2) is 4.98 Å². The molecule has 0 amide bonds. The van der Waals surface area contributed by atoms with Crippen LogP contribution in [-0.4, -0.2) is 50.2 Å². The predicted octanol–water partition coefficient (Wildman–Crippen LogP) is 3.35. The van der Waals surface area contributed by atoms with Gasteiger partial charge in [0, 0.05) is 18.8 Å². The Morgan fingerprint density at radius 1 is 1.15 bits per heavy atom. The number of hydrogen-bond donors (Lipinski definition) is 0. The van der Waals surface area contributed by atoms with E-state index >= 15 is 0 Å². The molecule has 9 heteroatoms. The summed E-state index contributed by atoms with van der Waals surface area (Å²) in [6, 6.07) is 14.4. The van der Waals surface area contributed by atoms with Gasteiger partial charge >= 0.3 is 0 Å². The molecular formula is C24H28N2O6S. The van der Waals surface area contributed by atoms with Crippen LogP contribution in [0.1, 0.15) is 17.5 Å². The number of ether oxygens (including phenoxy) is 3. The minimum Gasteiger partial charge on any atom is -0.497 e. The summed E-state index contributed by atoms with van der Waals surface area (Å²) in [6.07, 6.45) is 6.03. The molecule has 0 aliphatic carbocycles. The maximum Gasteiger partial charge on any atom is 0.297 e. The Hall–Kier alpha value is -2.72. The van der Waals surface area contributed by atoms with Gasteiger partial charge < -0.3 is 18.8 Å². The summed E-state index contributed by atoms with van der Waals surface area (Å²) in [7, 11) is -2.24. The molecule has 2 heterocycles. The molecule has 1 aromatic heterocycles. The smallest absolute Gasteiger partial charge is 0.297 e. The maximum absolute atomic E-state index is 12.5. The quantitative estimate of drug-likeness (QED) is 0.418. The topological polar surface area (TPSA) is 88.9 Å². The number of aryl methyl sites for hydroxylation is 2. The molecule has 4 rings (SSSR count). The highest BCUT2D eigenvalue weighted by Gasteiger charge is 2.42. The number of methoxy groups -OCH3 is 1. The lowest BCUT2D eigenvalue weighted by Gasteiger charge is -2.28. The zero-order chi connectivity index (χ0) is 23.3. The van der Waals surface area contributed by atoms with E-state index in [0.717, 1.165) is 16.9 Å². The highest BCUT2D eigenvalue weighted by molar-refractivity contribution is 7.86. The molecule has 2 atom stereocenters. The van der Waals surface area contributed by atoms with E-state index in [0.29, 0.717) is 19.4 Å². The average Bonchev–Trinajstić information content (AvgIpc) is 3.48. The molecule has 0 saturated carbocycles. The first-order chi connectivity index (χ1) is 15.9. The van der Waals surface area contributed by atoms with Gasteiger partial charge in [0.2, 0.25) is 0 Å². The first-order valence-corrected chi connectivity index (χ1v) is 12.1. The van der Waals surface area contributed by atoms with Crippen molar-refractivity contribution in [2.75, 3.05) is 20.3 Å². The molecule has 3 aromatic rings. The molecule has 1 aliphatic heterocycles. The van der Waals surface area contributed by atoms with Crippen LogP contribution in [0, 0.1) is 6.92 Å². The third-order valence-electron chi connectivity index (χ3n) is 5.57. The molecule has 1 aliphatic rings. The van der Waals surface area contributed by atoms with E-state index in [-0.39, 0.29) is 18.1 Å². The molecule has 0 bridgehead atoms. The zero-order valence-corrected chi connectivity index (χ0v) is 19.5. The van der Waals surface area contributed by atoms with Crippen LogP contribution < -0.4 is 4.74 Å². The molecule has 8 nitrogen and oxygen atoms in total. The standard InChI is InChI=1S/C24H28N2O6S/c1-19-3-9-23(10-4-19)33(27,28)31-16-22-15-30-24(32-22,17-26-14-13-25-18-26)12-11-20-5-7-21(29-2)8-6-20/h3-10,13-14,18,22H,11-12,15-17H2,1-2H3. The number of hydrogen-bond acceptors (Lipinski definition) is 7. The lowest BCUT2D eigenvalue weighted by atomic mass is 10.0. The van der Waals surface area contributed by atoms with Gasteiger partial charge in [-0.3, -0.25) is 4.18 Å². The molecule has 1 saturated heterocycles. The second kappa shape index (κ2) is 10.0. The fourth-order valence-corrected chi connectivity index (χ4v) is 4.65. The lowest BCUT2D eigenvalue weighted by molar-refractivity contribution is -0.184. The molecular weight excluding hydrogens is 444 g/mol. The molecule has 33 heavy (non-hydrogen) atoms. The van der Waals surface area contributed by atoms with Crippen LogP contribution in [0.25, 0.3) is 0 Å². The van der Waals surface area contributed by atoms with Crippen LogP contribution in [0.3, 0.4) is 0 Å². The number of benzene rings is 2. The SMILES string of the molecule is COc1ccc(CCC2(Cn3ccnc3)OCC(COS(=O)(=O)c3ccc(C)cc3)O2)cc1. The van der Waals surface area contributed by atoms with Crippen LogP contribution >= 0.6 is 0 Å². The van der Waals surface area contributed by atoms with Crippen molar-refractivity contribution in [1.82, 2.24) is 9.55 Å². The number of nitrogens with zero attached hydrogens (tertiary/aromatic N) is 2. The Labute approximate surface area is 194 Å². The van der Waals surface area contributed by atoms with Crippen LogP contribution in [0.5, 0.6) is 5.75 Å². The molecule has 0 spiro atoms. The molecule has 2 aromatic carbocycles. The average molecular weight is 473 g/mol. The number of imidazole rings is 1. The van der Waals surface area contributed by atoms with E-state index in [2.05, 4.69) is 4.98 Å². The van der Waals surface area contributed by atoms with E-state index in [4.69, 9.17) is 18.4 Å². The first-order valence-electron chi connectivity index (χ1n) is 10.7. The van der Waals surface area contributed by atoms with E-state index in [1.807, 2.05) is 42.0 Å². The van der Waals surface area contributed by atoms with E-state index in [9.17, 15) is 8.42 Å². The Morgan fingerprint density at radius 2 is 1.91 bits per heavy atom. The number of aromatic nitrogens is 2. The van der Waals surface area contributed by atoms with Crippen molar-refractivity contribution in [3.63, 3.8) is 0 Å². The third-order valence-corrected chi connectivity index (χ3v) is 6.86. The van der Waals surface area contributed by atoms with Crippen LogP contribution in [0.15, 0.2) is 72.1 Å². The van der Waals surface area contributed by atoms with Crippen LogP contribution in [0.2, 0.25) is 0 Å². The van der Waals surface area contributed by atoms with Gasteiger partial charge in [0.05, 0.1) is 38.1 Å². The lowest BCUT2D eigenvalue weighted by Crippen LogP contribution is -2.37. The first kappa shape index (κ1) is 23.4. The summed E-state index contributed by atoms with van der Waals surface area (Å²) in [6.45, 7) is 2.45. The van der Waals surface area contributed by atoms with Gasteiger partial charge in [-0.2, -0.15) is 8.42 Å². The summed E-state index contributed by atoms with van der Waals surface area (Å²) >= 11 is 0. The Bertz CT molecular complexity index is 1130. The van der Waals surface area contributed by atoms with Crippen molar-refractivity contribution in [3.05, 3.63) is 78.4 Å². The van der Waals surface area contributed by atoms with Crippen molar-refractivity contribution in [2.24, 2.45) is 0 Å². The van der Waals surface area contributed by atoms with E-state index in [1.54, 1.807) is 31.8 Å². The molecule has 176 valence electrons. The van der Waals surface area contributed by atoms with Gasteiger partial charge in [0.25, 0.3) is 10.1 Å². The van der Waals surface area contributed by atoms with E-state index < -0.39 is 22.0 Å². The van der Waals surface area contributed by atoms with E-state index in [1.165, 1.54) is 12.1 Å². The van der Waals surface area contributed by atoms with Crippen LogP contribution in [-0.2, 0) is 36.7 Å². The summed E-state index contributed by atoms with van der Waals surface area (Å²) in [5.41, 5.74) is 2.09. The highest BCUT2D eigenvalue weighted by atomic mass is 32.2. The molecule has 0 N–H and O–H groups in total. The fraction of sp³-hybridized carbons (Fsp3) is 0.375. The predicted molar refractivity (Wildman–Crippen MR) is 121 cm³/mol. The summed E-state index contributed by atoms with van der Waals surface area (Å²) < 4.78 is 49.8. The zero-order valence-electron chi connectivity index (χ0n) is 18.7. The molecule has 0 radical (unpaired) electrons. The van der Waals surface area contributed by atoms with Crippen molar-refractivity contribution in [2.45, 2.75) is 43.1 Å². The molecule has 1 fully saturated rings. The van der Waals surface area contributed by atoms with Crippen molar-refractivity contribution < 1.29 is 26.8 Å². The van der Waals surface area contributed by atoms with Gasteiger partial charge in [-0.05, 0) is 43.2 Å². The summed E-state index contributed by atoms with van der Waals surface area (Å²) in [5.74, 6) is -0.116. The van der Waals surface area contributed by atoms with Crippen molar-refractivity contribution in [1.29, 1.82) is 0 Å². The van der Waals surface area contributed by atoms with Gasteiger partial charge in [0.15, 0.2) is 5.79 Å². The minimum atomic E-state index is -3.88. The minimum absolute atomic E-state index is 0.121. The fourth-order valence-electron chi connectivity index (χ4n) is 3.72. The normalized spacial score (nSPS) is 20.7. The van der Waals surface area contributed by atoms with Gasteiger partial charge in [-0.15, -0.1) is 0 Å². The Morgan fingerprint density at radius 3 is 2.58 bits per heavy atom. The Balaban J connectivity index is 1.41.